The number of nitrogens with zero attached hydrogens (tertiary/aromatic N) is 1. The van der Waals surface area contributed by atoms with Gasteiger partial charge in [0.15, 0.2) is 0 Å². The molecule has 0 aromatic heterocycles. The normalized spacial score (nSPS) is 11.4. The summed E-state index contributed by atoms with van der Waals surface area (Å²) < 4.78 is 5.13. The van der Waals surface area contributed by atoms with Gasteiger partial charge in [0.05, 0.1) is 24.4 Å². The summed E-state index contributed by atoms with van der Waals surface area (Å²) in [5.74, 6) is -1.73. The summed E-state index contributed by atoms with van der Waals surface area (Å²) in [6.07, 6.45) is -0.113. The van der Waals surface area contributed by atoms with Crippen LogP contribution in [0.3, 0.4) is 0 Å². The second kappa shape index (κ2) is 8.61. The minimum atomic E-state index is -1.09. The summed E-state index contributed by atoms with van der Waals surface area (Å²) in [6.45, 7) is 0. The predicted octanol–water partition coefficient (Wildman–Crippen LogP) is 2.88. The number of carbonyl (C=O) groups is 2. The Hall–Kier alpha value is -3.42. The van der Waals surface area contributed by atoms with Gasteiger partial charge in [-0.25, -0.2) is 0 Å². The van der Waals surface area contributed by atoms with Crippen LogP contribution in [0.4, 0.5) is 11.4 Å². The molecule has 0 unspecified atom stereocenters. The van der Waals surface area contributed by atoms with Crippen molar-refractivity contribution in [2.45, 2.75) is 12.8 Å². The maximum absolute atomic E-state index is 12.5. The van der Waals surface area contributed by atoms with Gasteiger partial charge in [-0.05, 0) is 36.2 Å². The average molecular weight is 358 g/mol. The van der Waals surface area contributed by atoms with Crippen molar-refractivity contribution in [3.05, 3.63) is 64.2 Å². The number of nitro groups is 1. The van der Waals surface area contributed by atoms with Gasteiger partial charge in [0.2, 0.25) is 5.91 Å². The molecule has 0 aliphatic heterocycles. The third-order valence-electron chi connectivity index (χ3n) is 3.75. The Morgan fingerprint density at radius 1 is 1.23 bits per heavy atom. The number of carboxylic acids is 1. The highest BCUT2D eigenvalue weighted by atomic mass is 16.6. The highest BCUT2D eigenvalue weighted by Crippen LogP contribution is 2.21. The number of anilines is 1. The largest absolute Gasteiger partial charge is 0.497 e. The lowest BCUT2D eigenvalue weighted by Crippen LogP contribution is -2.27. The van der Waals surface area contributed by atoms with Crippen LogP contribution in [0.2, 0.25) is 0 Å². The van der Waals surface area contributed by atoms with E-state index in [4.69, 9.17) is 9.84 Å². The third-order valence-corrected chi connectivity index (χ3v) is 3.75. The van der Waals surface area contributed by atoms with Gasteiger partial charge in [-0.1, -0.05) is 12.1 Å². The van der Waals surface area contributed by atoms with Crippen LogP contribution in [0, 0.1) is 16.0 Å². The van der Waals surface area contributed by atoms with E-state index in [0.29, 0.717) is 11.4 Å². The first kappa shape index (κ1) is 18.9. The van der Waals surface area contributed by atoms with Gasteiger partial charge in [0, 0.05) is 17.8 Å². The van der Waals surface area contributed by atoms with Crippen molar-refractivity contribution in [2.75, 3.05) is 12.4 Å². The number of ether oxygens (including phenoxy) is 1. The fraction of sp³-hybridized carbons (Fsp3) is 0.222. The van der Waals surface area contributed by atoms with E-state index in [1.54, 1.807) is 24.3 Å². The molecular formula is C18H18N2O6. The van der Waals surface area contributed by atoms with E-state index in [1.165, 1.54) is 31.4 Å². The van der Waals surface area contributed by atoms with Gasteiger partial charge in [-0.15, -0.1) is 0 Å². The molecule has 136 valence electrons. The first-order chi connectivity index (χ1) is 12.4. The fourth-order valence-electron chi connectivity index (χ4n) is 2.46. The summed E-state index contributed by atoms with van der Waals surface area (Å²) in [5, 5.41) is 22.4. The first-order valence-corrected chi connectivity index (χ1v) is 7.79. The maximum atomic E-state index is 12.5. The average Bonchev–Trinajstić information content (AvgIpc) is 2.61. The number of nitro benzene ring substituents is 1. The van der Waals surface area contributed by atoms with Crippen molar-refractivity contribution in [3.63, 3.8) is 0 Å². The van der Waals surface area contributed by atoms with Crippen molar-refractivity contribution in [2.24, 2.45) is 5.92 Å². The van der Waals surface area contributed by atoms with Crippen LogP contribution in [0.1, 0.15) is 12.0 Å². The molecule has 2 aromatic carbocycles. The van der Waals surface area contributed by atoms with Gasteiger partial charge < -0.3 is 15.2 Å². The lowest BCUT2D eigenvalue weighted by molar-refractivity contribution is -0.384. The lowest BCUT2D eigenvalue weighted by atomic mass is 9.95. The summed E-state index contributed by atoms with van der Waals surface area (Å²) >= 11 is 0. The van der Waals surface area contributed by atoms with Crippen LogP contribution in [-0.2, 0) is 16.0 Å². The SMILES string of the molecule is COc1cccc(C[C@H](CC(=O)O)C(=O)Nc2ccc([N+](=O)[O-])cc2)c1. The topological polar surface area (TPSA) is 119 Å². The Kier molecular flexibility index (Phi) is 6.26. The van der Waals surface area contributed by atoms with E-state index >= 15 is 0 Å². The zero-order chi connectivity index (χ0) is 19.1. The van der Waals surface area contributed by atoms with Gasteiger partial charge >= 0.3 is 5.97 Å². The number of hydrogen-bond donors (Lipinski definition) is 2. The van der Waals surface area contributed by atoms with Crippen molar-refractivity contribution < 1.29 is 24.4 Å². The molecule has 0 radical (unpaired) electrons. The first-order valence-electron chi connectivity index (χ1n) is 7.79. The van der Waals surface area contributed by atoms with E-state index < -0.39 is 22.7 Å². The molecule has 8 heteroatoms. The third kappa shape index (κ3) is 5.30. The number of carbonyl (C=O) groups excluding carboxylic acids is 1. The molecule has 0 aliphatic carbocycles. The number of carboxylic acid groups (broad SMARTS) is 1. The molecule has 0 saturated heterocycles. The van der Waals surface area contributed by atoms with Crippen LogP contribution in [0.25, 0.3) is 0 Å². The van der Waals surface area contributed by atoms with Crippen molar-refractivity contribution >= 4 is 23.3 Å². The molecule has 26 heavy (non-hydrogen) atoms. The van der Waals surface area contributed by atoms with Gasteiger partial charge in [-0.2, -0.15) is 0 Å². The van der Waals surface area contributed by atoms with Gasteiger partial charge in [0.1, 0.15) is 5.75 Å². The van der Waals surface area contributed by atoms with Gasteiger partial charge in [0.25, 0.3) is 5.69 Å². The Morgan fingerprint density at radius 2 is 1.92 bits per heavy atom. The molecule has 2 aromatic rings. The number of hydrogen-bond acceptors (Lipinski definition) is 5. The second-order valence-corrected chi connectivity index (χ2v) is 5.64. The Balaban J connectivity index is 2.12. The molecule has 0 saturated carbocycles. The number of methoxy groups -OCH3 is 1. The number of aliphatic carboxylic acids is 1. The zero-order valence-electron chi connectivity index (χ0n) is 14.0. The Labute approximate surface area is 149 Å². The van der Waals surface area contributed by atoms with E-state index in [1.807, 2.05) is 0 Å². The number of benzene rings is 2. The molecular weight excluding hydrogens is 340 g/mol. The molecule has 0 aliphatic rings. The number of non-ortho nitro benzene ring substituents is 1. The maximum Gasteiger partial charge on any atom is 0.304 e. The molecule has 1 atom stereocenters. The monoisotopic (exact) mass is 358 g/mol. The highest BCUT2D eigenvalue weighted by Gasteiger charge is 2.23. The van der Waals surface area contributed by atoms with Crippen LogP contribution < -0.4 is 10.1 Å². The highest BCUT2D eigenvalue weighted by molar-refractivity contribution is 5.94. The quantitative estimate of drug-likeness (QED) is 0.553. The van der Waals surface area contributed by atoms with E-state index in [-0.39, 0.29) is 18.5 Å². The fourth-order valence-corrected chi connectivity index (χ4v) is 2.46. The summed E-state index contributed by atoms with van der Waals surface area (Å²) in [4.78, 5) is 33.7. The molecule has 2 rings (SSSR count). The number of amides is 1. The van der Waals surface area contributed by atoms with Gasteiger partial charge in [-0.3, -0.25) is 19.7 Å². The summed E-state index contributed by atoms with van der Waals surface area (Å²) in [7, 11) is 1.52. The molecule has 0 spiro atoms. The van der Waals surface area contributed by atoms with Crippen LogP contribution in [0.15, 0.2) is 48.5 Å². The van der Waals surface area contributed by atoms with Crippen molar-refractivity contribution in [1.82, 2.24) is 0 Å². The van der Waals surface area contributed by atoms with E-state index in [2.05, 4.69) is 5.32 Å². The Bertz CT molecular complexity index is 804. The molecule has 2 N–H and O–H groups in total. The predicted molar refractivity (Wildman–Crippen MR) is 94.2 cm³/mol. The minimum Gasteiger partial charge on any atom is -0.497 e. The lowest BCUT2D eigenvalue weighted by Gasteiger charge is -2.15. The zero-order valence-corrected chi connectivity index (χ0v) is 14.0. The smallest absolute Gasteiger partial charge is 0.304 e. The number of nitrogens with one attached hydrogen (secondary N) is 1. The number of rotatable bonds is 8. The standard InChI is InChI=1S/C18H18N2O6/c1-26-16-4-2-3-12(10-16)9-13(11-17(21)22)18(23)19-14-5-7-15(8-6-14)20(24)25/h2-8,10,13H,9,11H2,1H3,(H,19,23)(H,21,22)/t13-/m1/s1. The Morgan fingerprint density at radius 3 is 2.50 bits per heavy atom. The minimum absolute atomic E-state index is 0.0959. The second-order valence-electron chi connectivity index (χ2n) is 5.64. The van der Waals surface area contributed by atoms with Crippen LogP contribution >= 0.6 is 0 Å². The molecule has 1 amide bonds. The summed E-state index contributed by atoms with van der Waals surface area (Å²) in [6, 6.07) is 12.4. The van der Waals surface area contributed by atoms with Crippen molar-refractivity contribution in [1.29, 1.82) is 0 Å². The van der Waals surface area contributed by atoms with Crippen molar-refractivity contribution in [3.8, 4) is 5.75 Å². The van der Waals surface area contributed by atoms with Crippen LogP contribution in [-0.4, -0.2) is 29.0 Å². The molecule has 0 fully saturated rings. The van der Waals surface area contributed by atoms with E-state index in [0.717, 1.165) is 5.56 Å². The van der Waals surface area contributed by atoms with Crippen LogP contribution in [0.5, 0.6) is 5.75 Å². The summed E-state index contributed by atoms with van der Waals surface area (Å²) in [5.41, 5.74) is 1.04. The molecule has 0 bridgehead atoms. The molecule has 8 nitrogen and oxygen atoms in total. The molecule has 0 heterocycles. The van der Waals surface area contributed by atoms with E-state index in [9.17, 15) is 19.7 Å².